The van der Waals surface area contributed by atoms with Gasteiger partial charge in [0.05, 0.1) is 6.54 Å². The van der Waals surface area contributed by atoms with Crippen molar-refractivity contribution >= 4 is 5.97 Å². The van der Waals surface area contributed by atoms with Gasteiger partial charge in [-0.1, -0.05) is 40.5 Å². The Morgan fingerprint density at radius 1 is 1.16 bits per heavy atom. The fraction of sp³-hybridized carbons (Fsp3) is 0.938. The second-order valence-corrected chi connectivity index (χ2v) is 6.88. The van der Waals surface area contributed by atoms with Crippen LogP contribution in [0.2, 0.25) is 0 Å². The summed E-state index contributed by atoms with van der Waals surface area (Å²) in [5.41, 5.74) is 0. The first kappa shape index (κ1) is 16.5. The normalized spacial score (nSPS) is 25.0. The minimum absolute atomic E-state index is 0.204. The number of carboxylic acid groups (broad SMARTS) is 1. The topological polar surface area (TPSA) is 40.5 Å². The number of rotatable bonds is 6. The maximum atomic E-state index is 11.1. The molecule has 2 unspecified atom stereocenters. The predicted molar refractivity (Wildman–Crippen MR) is 79.2 cm³/mol. The smallest absolute Gasteiger partial charge is 0.317 e. The van der Waals surface area contributed by atoms with Gasteiger partial charge in [-0.15, -0.1) is 0 Å². The van der Waals surface area contributed by atoms with Gasteiger partial charge in [0.15, 0.2) is 0 Å². The highest BCUT2D eigenvalue weighted by atomic mass is 16.4. The molecule has 3 heteroatoms. The number of carboxylic acids is 1. The van der Waals surface area contributed by atoms with Crippen molar-refractivity contribution in [1.29, 1.82) is 0 Å². The van der Waals surface area contributed by atoms with Crippen LogP contribution in [0.4, 0.5) is 0 Å². The molecule has 19 heavy (non-hydrogen) atoms. The molecule has 1 rings (SSSR count). The van der Waals surface area contributed by atoms with Gasteiger partial charge in [-0.25, -0.2) is 0 Å². The van der Waals surface area contributed by atoms with E-state index >= 15 is 0 Å². The Morgan fingerprint density at radius 2 is 1.84 bits per heavy atom. The standard InChI is InChI=1S/C16H31NO2/c1-12(2)10-17(11-16(18)19)15-7-5-6-14(8-9-15)13(3)4/h12-15H,5-11H2,1-4H3,(H,18,19). The molecular formula is C16H31NO2. The van der Waals surface area contributed by atoms with Crippen LogP contribution in [0, 0.1) is 17.8 Å². The van der Waals surface area contributed by atoms with Gasteiger partial charge in [-0.05, 0) is 37.0 Å². The molecule has 1 N–H and O–H groups in total. The summed E-state index contributed by atoms with van der Waals surface area (Å²) in [6.07, 6.45) is 6.17. The van der Waals surface area contributed by atoms with E-state index in [9.17, 15) is 4.79 Å². The monoisotopic (exact) mass is 269 g/mol. The Balaban J connectivity index is 2.60. The molecule has 0 spiro atoms. The van der Waals surface area contributed by atoms with E-state index in [1.165, 1.54) is 32.1 Å². The molecule has 3 nitrogen and oxygen atoms in total. The molecule has 112 valence electrons. The van der Waals surface area contributed by atoms with Crippen LogP contribution in [0.1, 0.15) is 59.8 Å². The Bertz CT molecular complexity index is 276. The SMILES string of the molecule is CC(C)CN(CC(=O)O)C1CCCC(C(C)C)CC1. The van der Waals surface area contributed by atoms with E-state index < -0.39 is 5.97 Å². The first-order chi connectivity index (χ1) is 8.90. The Labute approximate surface area is 118 Å². The van der Waals surface area contributed by atoms with Crippen LogP contribution in [0.25, 0.3) is 0 Å². The van der Waals surface area contributed by atoms with Gasteiger partial charge in [-0.3, -0.25) is 9.69 Å². The first-order valence-electron chi connectivity index (χ1n) is 7.86. The molecule has 1 aliphatic rings. The zero-order valence-electron chi connectivity index (χ0n) is 13.1. The van der Waals surface area contributed by atoms with Gasteiger partial charge in [0.1, 0.15) is 0 Å². The first-order valence-corrected chi connectivity index (χ1v) is 7.86. The fourth-order valence-electron chi connectivity index (χ4n) is 3.33. The minimum Gasteiger partial charge on any atom is -0.480 e. The minimum atomic E-state index is -0.690. The molecule has 0 heterocycles. The molecule has 0 aromatic heterocycles. The van der Waals surface area contributed by atoms with Crippen LogP contribution in [-0.2, 0) is 4.79 Å². The molecular weight excluding hydrogens is 238 g/mol. The van der Waals surface area contributed by atoms with E-state index in [1.807, 2.05) is 0 Å². The number of carbonyl (C=O) groups is 1. The van der Waals surface area contributed by atoms with Crippen molar-refractivity contribution in [3.05, 3.63) is 0 Å². The van der Waals surface area contributed by atoms with Crippen molar-refractivity contribution in [2.45, 2.75) is 65.8 Å². The lowest BCUT2D eigenvalue weighted by molar-refractivity contribution is -0.139. The van der Waals surface area contributed by atoms with E-state index in [0.29, 0.717) is 12.0 Å². The van der Waals surface area contributed by atoms with Crippen LogP contribution in [0.3, 0.4) is 0 Å². The van der Waals surface area contributed by atoms with Gasteiger partial charge in [0.25, 0.3) is 0 Å². The van der Waals surface area contributed by atoms with E-state index in [2.05, 4.69) is 32.6 Å². The fourth-order valence-corrected chi connectivity index (χ4v) is 3.33. The van der Waals surface area contributed by atoms with E-state index in [-0.39, 0.29) is 6.54 Å². The van der Waals surface area contributed by atoms with E-state index in [1.54, 1.807) is 0 Å². The van der Waals surface area contributed by atoms with E-state index in [0.717, 1.165) is 18.4 Å². The van der Waals surface area contributed by atoms with Crippen molar-refractivity contribution in [3.8, 4) is 0 Å². The number of aliphatic carboxylic acids is 1. The Morgan fingerprint density at radius 3 is 2.37 bits per heavy atom. The van der Waals surface area contributed by atoms with Crippen LogP contribution < -0.4 is 0 Å². The van der Waals surface area contributed by atoms with Gasteiger partial charge in [0, 0.05) is 12.6 Å². The Kier molecular flexibility index (Phi) is 6.84. The van der Waals surface area contributed by atoms with Crippen LogP contribution in [0.15, 0.2) is 0 Å². The van der Waals surface area contributed by atoms with Gasteiger partial charge in [-0.2, -0.15) is 0 Å². The predicted octanol–water partition coefficient (Wildman–Crippen LogP) is 3.63. The summed E-state index contributed by atoms with van der Waals surface area (Å²) >= 11 is 0. The molecule has 1 aliphatic carbocycles. The molecule has 0 aliphatic heterocycles. The number of hydrogen-bond acceptors (Lipinski definition) is 2. The average molecular weight is 269 g/mol. The maximum Gasteiger partial charge on any atom is 0.317 e. The van der Waals surface area contributed by atoms with E-state index in [4.69, 9.17) is 5.11 Å². The zero-order valence-corrected chi connectivity index (χ0v) is 13.1. The summed E-state index contributed by atoms with van der Waals surface area (Å²) in [4.78, 5) is 13.3. The highest BCUT2D eigenvalue weighted by molar-refractivity contribution is 5.69. The van der Waals surface area contributed by atoms with Crippen molar-refractivity contribution < 1.29 is 9.90 Å². The lowest BCUT2D eigenvalue weighted by Crippen LogP contribution is -2.41. The molecule has 1 saturated carbocycles. The summed E-state index contributed by atoms with van der Waals surface area (Å²) < 4.78 is 0. The molecule has 0 aromatic carbocycles. The van der Waals surface area contributed by atoms with Crippen molar-refractivity contribution in [3.63, 3.8) is 0 Å². The maximum absolute atomic E-state index is 11.1. The van der Waals surface area contributed by atoms with Crippen molar-refractivity contribution in [2.24, 2.45) is 17.8 Å². The number of nitrogens with zero attached hydrogens (tertiary/aromatic N) is 1. The lowest BCUT2D eigenvalue weighted by Gasteiger charge is -2.31. The molecule has 0 aromatic rings. The summed E-state index contributed by atoms with van der Waals surface area (Å²) in [5, 5.41) is 9.10. The molecule has 0 radical (unpaired) electrons. The van der Waals surface area contributed by atoms with Crippen LogP contribution in [-0.4, -0.2) is 35.1 Å². The summed E-state index contributed by atoms with van der Waals surface area (Å²) in [6.45, 7) is 10.1. The molecule has 0 saturated heterocycles. The summed E-state index contributed by atoms with van der Waals surface area (Å²) in [7, 11) is 0. The van der Waals surface area contributed by atoms with Gasteiger partial charge in [0.2, 0.25) is 0 Å². The molecule has 0 amide bonds. The van der Waals surface area contributed by atoms with Gasteiger partial charge < -0.3 is 5.11 Å². The molecule has 2 atom stereocenters. The largest absolute Gasteiger partial charge is 0.480 e. The third-order valence-electron chi connectivity index (χ3n) is 4.38. The second kappa shape index (κ2) is 7.88. The second-order valence-electron chi connectivity index (χ2n) is 6.88. The van der Waals surface area contributed by atoms with Crippen LogP contribution in [0.5, 0.6) is 0 Å². The summed E-state index contributed by atoms with van der Waals surface area (Å²) in [6, 6.07) is 0.474. The third kappa shape index (κ3) is 5.94. The quantitative estimate of drug-likeness (QED) is 0.748. The third-order valence-corrected chi connectivity index (χ3v) is 4.38. The average Bonchev–Trinajstić information content (AvgIpc) is 2.52. The highest BCUT2D eigenvalue weighted by Crippen LogP contribution is 2.31. The van der Waals surface area contributed by atoms with Gasteiger partial charge >= 0.3 is 5.97 Å². The van der Waals surface area contributed by atoms with Crippen molar-refractivity contribution in [1.82, 2.24) is 4.90 Å². The van der Waals surface area contributed by atoms with Crippen LogP contribution >= 0.6 is 0 Å². The molecule has 1 fully saturated rings. The summed E-state index contributed by atoms with van der Waals surface area (Å²) in [5.74, 6) is 1.43. The van der Waals surface area contributed by atoms with Crippen molar-refractivity contribution in [2.75, 3.05) is 13.1 Å². The molecule has 0 bridgehead atoms. The number of hydrogen-bond donors (Lipinski definition) is 1. The lowest BCUT2D eigenvalue weighted by atomic mass is 9.89. The zero-order chi connectivity index (χ0) is 14.4. The Hall–Kier alpha value is -0.570. The highest BCUT2D eigenvalue weighted by Gasteiger charge is 2.26.